The van der Waals surface area contributed by atoms with Crippen molar-refractivity contribution in [2.45, 2.75) is 18.6 Å². The van der Waals surface area contributed by atoms with Crippen molar-refractivity contribution in [1.29, 1.82) is 0 Å². The molecule has 20 heavy (non-hydrogen) atoms. The van der Waals surface area contributed by atoms with Gasteiger partial charge in [-0.25, -0.2) is 9.97 Å². The first-order chi connectivity index (χ1) is 9.83. The smallest absolute Gasteiger partial charge is 0.134 e. The molecule has 0 aliphatic carbocycles. The first kappa shape index (κ1) is 13.9. The number of aromatic nitrogens is 2. The zero-order valence-electron chi connectivity index (χ0n) is 12.0. The van der Waals surface area contributed by atoms with Gasteiger partial charge in [0, 0.05) is 43.2 Å². The van der Waals surface area contributed by atoms with Crippen molar-refractivity contribution >= 4 is 23.4 Å². The lowest BCUT2D eigenvalue weighted by Gasteiger charge is -2.29. The molecule has 0 aromatic carbocycles. The highest BCUT2D eigenvalue weighted by molar-refractivity contribution is 7.99. The van der Waals surface area contributed by atoms with E-state index in [2.05, 4.69) is 44.5 Å². The summed E-state index contributed by atoms with van der Waals surface area (Å²) in [5.74, 6) is 3.28. The van der Waals surface area contributed by atoms with E-state index in [9.17, 15) is 0 Å². The molecule has 2 aliphatic rings. The van der Waals surface area contributed by atoms with E-state index in [0.717, 1.165) is 56.3 Å². The highest BCUT2D eigenvalue weighted by Gasteiger charge is 2.18. The molecule has 3 heterocycles. The Balaban J connectivity index is 1.72. The standard InChI is InChI=1S/C14H22N4OS/c1-12-2-3-17(6-9-20-12)13-10-14(16-11-15-13)18-4-7-19-8-5-18/h10-12H,2-9H2,1H3. The van der Waals surface area contributed by atoms with Crippen LogP contribution in [0.4, 0.5) is 11.6 Å². The highest BCUT2D eigenvalue weighted by atomic mass is 32.2. The fourth-order valence-electron chi connectivity index (χ4n) is 2.60. The Morgan fingerprint density at radius 2 is 1.80 bits per heavy atom. The van der Waals surface area contributed by atoms with Gasteiger partial charge in [0.1, 0.15) is 18.0 Å². The summed E-state index contributed by atoms with van der Waals surface area (Å²) >= 11 is 2.06. The van der Waals surface area contributed by atoms with Gasteiger partial charge in [0.25, 0.3) is 0 Å². The van der Waals surface area contributed by atoms with Gasteiger partial charge in [0.2, 0.25) is 0 Å². The predicted octanol–water partition coefficient (Wildman–Crippen LogP) is 1.65. The van der Waals surface area contributed by atoms with E-state index in [0.29, 0.717) is 0 Å². The lowest BCUT2D eigenvalue weighted by Crippen LogP contribution is -2.37. The van der Waals surface area contributed by atoms with E-state index < -0.39 is 0 Å². The number of ether oxygens (including phenoxy) is 1. The number of morpholine rings is 1. The highest BCUT2D eigenvalue weighted by Crippen LogP contribution is 2.24. The number of hydrogen-bond acceptors (Lipinski definition) is 6. The average Bonchev–Trinajstić information content (AvgIpc) is 2.73. The molecular formula is C14H22N4OS. The quantitative estimate of drug-likeness (QED) is 0.826. The molecule has 0 bridgehead atoms. The Morgan fingerprint density at radius 3 is 2.55 bits per heavy atom. The maximum Gasteiger partial charge on any atom is 0.134 e. The van der Waals surface area contributed by atoms with Crippen LogP contribution in [0.25, 0.3) is 0 Å². The SMILES string of the molecule is CC1CCN(c2cc(N3CCOCC3)ncn2)CCS1. The van der Waals surface area contributed by atoms with Gasteiger partial charge in [-0.2, -0.15) is 11.8 Å². The van der Waals surface area contributed by atoms with Gasteiger partial charge in [0.05, 0.1) is 13.2 Å². The summed E-state index contributed by atoms with van der Waals surface area (Å²) in [6.07, 6.45) is 2.92. The second kappa shape index (κ2) is 6.63. The molecule has 0 radical (unpaired) electrons. The number of thioether (sulfide) groups is 1. The van der Waals surface area contributed by atoms with Gasteiger partial charge >= 0.3 is 0 Å². The fraction of sp³-hybridized carbons (Fsp3) is 0.714. The Labute approximate surface area is 124 Å². The molecule has 6 heteroatoms. The lowest BCUT2D eigenvalue weighted by molar-refractivity contribution is 0.122. The van der Waals surface area contributed by atoms with E-state index in [1.807, 2.05) is 0 Å². The fourth-order valence-corrected chi connectivity index (χ4v) is 3.60. The Hall–Kier alpha value is -1.01. The van der Waals surface area contributed by atoms with Crippen LogP contribution in [-0.4, -0.2) is 60.4 Å². The van der Waals surface area contributed by atoms with Crippen LogP contribution >= 0.6 is 11.8 Å². The topological polar surface area (TPSA) is 41.5 Å². The number of anilines is 2. The molecule has 1 atom stereocenters. The number of nitrogens with zero attached hydrogens (tertiary/aromatic N) is 4. The molecule has 3 rings (SSSR count). The average molecular weight is 294 g/mol. The summed E-state index contributed by atoms with van der Waals surface area (Å²) in [6.45, 7) is 7.90. The molecule has 1 aromatic rings. The van der Waals surface area contributed by atoms with Crippen LogP contribution in [0.15, 0.2) is 12.4 Å². The summed E-state index contributed by atoms with van der Waals surface area (Å²) in [5, 5.41) is 0.751. The van der Waals surface area contributed by atoms with Crippen molar-refractivity contribution in [3.05, 3.63) is 12.4 Å². The molecule has 1 unspecified atom stereocenters. The normalized spacial score (nSPS) is 24.6. The van der Waals surface area contributed by atoms with Crippen LogP contribution in [0.1, 0.15) is 13.3 Å². The summed E-state index contributed by atoms with van der Waals surface area (Å²) < 4.78 is 5.40. The van der Waals surface area contributed by atoms with Crippen molar-refractivity contribution in [2.24, 2.45) is 0 Å². The maximum atomic E-state index is 5.40. The monoisotopic (exact) mass is 294 g/mol. The van der Waals surface area contributed by atoms with Crippen LogP contribution in [0.2, 0.25) is 0 Å². The van der Waals surface area contributed by atoms with Crippen LogP contribution in [0, 0.1) is 0 Å². The van der Waals surface area contributed by atoms with Gasteiger partial charge in [0.15, 0.2) is 0 Å². The molecule has 0 spiro atoms. The predicted molar refractivity (Wildman–Crippen MR) is 83.8 cm³/mol. The lowest BCUT2D eigenvalue weighted by atomic mass is 10.3. The third kappa shape index (κ3) is 3.35. The van der Waals surface area contributed by atoms with E-state index in [1.54, 1.807) is 6.33 Å². The molecule has 2 saturated heterocycles. The number of hydrogen-bond donors (Lipinski definition) is 0. The first-order valence-electron chi connectivity index (χ1n) is 7.34. The molecule has 5 nitrogen and oxygen atoms in total. The van der Waals surface area contributed by atoms with Crippen molar-refractivity contribution in [2.75, 3.05) is 54.9 Å². The Kier molecular flexibility index (Phi) is 4.62. The van der Waals surface area contributed by atoms with Crippen molar-refractivity contribution in [3.8, 4) is 0 Å². The summed E-state index contributed by atoms with van der Waals surface area (Å²) in [4.78, 5) is 13.6. The first-order valence-corrected chi connectivity index (χ1v) is 8.39. The van der Waals surface area contributed by atoms with Gasteiger partial charge in [-0.1, -0.05) is 6.92 Å². The Bertz CT molecular complexity index is 439. The molecule has 110 valence electrons. The minimum Gasteiger partial charge on any atom is -0.378 e. The van der Waals surface area contributed by atoms with Crippen molar-refractivity contribution < 1.29 is 4.74 Å². The van der Waals surface area contributed by atoms with Crippen molar-refractivity contribution in [1.82, 2.24) is 9.97 Å². The van der Waals surface area contributed by atoms with E-state index in [4.69, 9.17) is 4.74 Å². The summed E-state index contributed by atoms with van der Waals surface area (Å²) in [6, 6.07) is 2.13. The van der Waals surface area contributed by atoms with E-state index in [-0.39, 0.29) is 0 Å². The molecule has 2 fully saturated rings. The largest absolute Gasteiger partial charge is 0.378 e. The van der Waals surface area contributed by atoms with Crippen LogP contribution in [0.5, 0.6) is 0 Å². The zero-order chi connectivity index (χ0) is 13.8. The molecule has 0 N–H and O–H groups in total. The minimum absolute atomic E-state index is 0.751. The van der Waals surface area contributed by atoms with Gasteiger partial charge < -0.3 is 14.5 Å². The van der Waals surface area contributed by atoms with E-state index in [1.165, 1.54) is 12.2 Å². The van der Waals surface area contributed by atoms with Crippen LogP contribution < -0.4 is 9.80 Å². The summed E-state index contributed by atoms with van der Waals surface area (Å²) in [7, 11) is 0. The van der Waals surface area contributed by atoms with E-state index >= 15 is 0 Å². The Morgan fingerprint density at radius 1 is 1.10 bits per heavy atom. The molecule has 1 aromatic heterocycles. The molecular weight excluding hydrogens is 272 g/mol. The summed E-state index contributed by atoms with van der Waals surface area (Å²) in [5.41, 5.74) is 0. The van der Waals surface area contributed by atoms with Crippen LogP contribution in [-0.2, 0) is 4.74 Å². The second-order valence-corrected chi connectivity index (χ2v) is 6.84. The van der Waals surface area contributed by atoms with Gasteiger partial charge in [-0.3, -0.25) is 0 Å². The van der Waals surface area contributed by atoms with Gasteiger partial charge in [-0.15, -0.1) is 0 Å². The maximum absolute atomic E-state index is 5.40. The van der Waals surface area contributed by atoms with Crippen molar-refractivity contribution in [3.63, 3.8) is 0 Å². The molecule has 0 saturated carbocycles. The molecule has 2 aliphatic heterocycles. The third-order valence-corrected chi connectivity index (χ3v) is 5.09. The molecule has 0 amide bonds. The second-order valence-electron chi connectivity index (χ2n) is 5.29. The minimum atomic E-state index is 0.751. The third-order valence-electron chi connectivity index (χ3n) is 3.87. The number of rotatable bonds is 2. The van der Waals surface area contributed by atoms with Gasteiger partial charge in [-0.05, 0) is 6.42 Å². The van der Waals surface area contributed by atoms with Crippen LogP contribution in [0.3, 0.4) is 0 Å². The zero-order valence-corrected chi connectivity index (χ0v) is 12.8.